The van der Waals surface area contributed by atoms with Crippen LogP contribution in [0.2, 0.25) is 0 Å². The lowest BCUT2D eigenvalue weighted by Crippen LogP contribution is -2.35. The van der Waals surface area contributed by atoms with Gasteiger partial charge in [0.25, 0.3) is 0 Å². The number of nitrogens with one attached hydrogen (secondary N) is 2. The zero-order valence-corrected chi connectivity index (χ0v) is 14.4. The summed E-state index contributed by atoms with van der Waals surface area (Å²) in [7, 11) is 0. The van der Waals surface area contributed by atoms with Crippen molar-refractivity contribution in [2.24, 2.45) is 0 Å². The normalized spacial score (nSPS) is 15.8. The highest BCUT2D eigenvalue weighted by atomic mass is 19.4. The fourth-order valence-electron chi connectivity index (χ4n) is 3.20. The molecule has 0 atom stereocenters. The SMILES string of the molecule is FC(F)(F)c1ccc(-c2ccc3nccc(NC4CCNCC4)c3n2)cn1. The van der Waals surface area contributed by atoms with Crippen LogP contribution in [0.5, 0.6) is 0 Å². The van der Waals surface area contributed by atoms with Crippen LogP contribution in [0.1, 0.15) is 18.5 Å². The minimum absolute atomic E-state index is 0.357. The number of piperidine rings is 1. The molecule has 4 rings (SSSR count). The fourth-order valence-corrected chi connectivity index (χ4v) is 3.20. The first-order chi connectivity index (χ1) is 13.0. The van der Waals surface area contributed by atoms with Crippen LogP contribution in [0, 0.1) is 0 Å². The lowest BCUT2D eigenvalue weighted by molar-refractivity contribution is -0.141. The Morgan fingerprint density at radius 2 is 1.81 bits per heavy atom. The third-order valence-electron chi connectivity index (χ3n) is 4.63. The predicted molar refractivity (Wildman–Crippen MR) is 97.3 cm³/mol. The van der Waals surface area contributed by atoms with Gasteiger partial charge in [0.05, 0.1) is 16.9 Å². The Balaban J connectivity index is 1.67. The summed E-state index contributed by atoms with van der Waals surface area (Å²) < 4.78 is 38.1. The predicted octanol–water partition coefficient (Wildman–Crippen LogP) is 3.87. The van der Waals surface area contributed by atoms with Crippen molar-refractivity contribution in [3.05, 3.63) is 48.4 Å². The number of alkyl halides is 3. The number of anilines is 1. The van der Waals surface area contributed by atoms with Gasteiger partial charge in [-0.2, -0.15) is 13.2 Å². The molecule has 27 heavy (non-hydrogen) atoms. The Morgan fingerprint density at radius 1 is 1.00 bits per heavy atom. The number of rotatable bonds is 3. The lowest BCUT2D eigenvalue weighted by atomic mass is 10.1. The van der Waals surface area contributed by atoms with Crippen LogP contribution in [-0.4, -0.2) is 34.1 Å². The molecular weight excluding hydrogens is 355 g/mol. The van der Waals surface area contributed by atoms with Crippen LogP contribution >= 0.6 is 0 Å². The third-order valence-corrected chi connectivity index (χ3v) is 4.63. The van der Waals surface area contributed by atoms with Crippen molar-refractivity contribution in [2.75, 3.05) is 18.4 Å². The summed E-state index contributed by atoms with van der Waals surface area (Å²) in [5.74, 6) is 0. The molecule has 1 fully saturated rings. The van der Waals surface area contributed by atoms with Crippen LogP contribution in [0.25, 0.3) is 22.3 Å². The molecule has 3 aromatic heterocycles. The Hall–Kier alpha value is -2.74. The number of nitrogens with zero attached hydrogens (tertiary/aromatic N) is 3. The second-order valence-corrected chi connectivity index (χ2v) is 6.52. The monoisotopic (exact) mass is 373 g/mol. The largest absolute Gasteiger partial charge is 0.433 e. The van der Waals surface area contributed by atoms with Crippen LogP contribution in [0.4, 0.5) is 18.9 Å². The van der Waals surface area contributed by atoms with E-state index in [4.69, 9.17) is 0 Å². The van der Waals surface area contributed by atoms with E-state index in [0.717, 1.165) is 43.2 Å². The van der Waals surface area contributed by atoms with Crippen molar-refractivity contribution in [2.45, 2.75) is 25.1 Å². The maximum atomic E-state index is 12.7. The molecule has 0 radical (unpaired) electrons. The van der Waals surface area contributed by atoms with Gasteiger partial charge in [-0.05, 0) is 56.3 Å². The van der Waals surface area contributed by atoms with Gasteiger partial charge in [-0.25, -0.2) is 4.98 Å². The summed E-state index contributed by atoms with van der Waals surface area (Å²) in [5.41, 5.74) is 2.49. The van der Waals surface area contributed by atoms with Crippen molar-refractivity contribution in [3.8, 4) is 11.3 Å². The molecule has 0 amide bonds. The van der Waals surface area contributed by atoms with E-state index in [2.05, 4.69) is 25.6 Å². The topological polar surface area (TPSA) is 62.7 Å². The number of aromatic nitrogens is 3. The van der Waals surface area contributed by atoms with Crippen molar-refractivity contribution in [1.82, 2.24) is 20.3 Å². The zero-order chi connectivity index (χ0) is 18.9. The number of fused-ring (bicyclic) bond motifs is 1. The standard InChI is InChI=1S/C19H18F3N5/c20-19(21,22)17-4-1-12(11-25-17)14-2-3-15-18(27-14)16(7-10-24-15)26-13-5-8-23-9-6-13/h1-4,7,10-11,13,23H,5-6,8-9H2,(H,24,26). The summed E-state index contributed by atoms with van der Waals surface area (Å²) >= 11 is 0. The lowest BCUT2D eigenvalue weighted by Gasteiger charge is -2.25. The minimum atomic E-state index is -4.45. The summed E-state index contributed by atoms with van der Waals surface area (Å²) in [6, 6.07) is 8.16. The first-order valence-electron chi connectivity index (χ1n) is 8.77. The van der Waals surface area contributed by atoms with Gasteiger partial charge in [-0.15, -0.1) is 0 Å². The van der Waals surface area contributed by atoms with E-state index in [1.54, 1.807) is 12.3 Å². The van der Waals surface area contributed by atoms with Crippen molar-refractivity contribution in [3.63, 3.8) is 0 Å². The molecule has 5 nitrogen and oxygen atoms in total. The summed E-state index contributed by atoms with van der Waals surface area (Å²) in [5, 5.41) is 6.85. The van der Waals surface area contributed by atoms with E-state index < -0.39 is 11.9 Å². The summed E-state index contributed by atoms with van der Waals surface area (Å²) in [4.78, 5) is 12.5. The molecule has 0 aliphatic carbocycles. The molecular formula is C19H18F3N5. The van der Waals surface area contributed by atoms with Crippen molar-refractivity contribution in [1.29, 1.82) is 0 Å². The molecule has 0 aromatic carbocycles. The van der Waals surface area contributed by atoms with Gasteiger partial charge in [-0.3, -0.25) is 9.97 Å². The fraction of sp³-hybridized carbons (Fsp3) is 0.316. The van der Waals surface area contributed by atoms with Gasteiger partial charge < -0.3 is 10.6 Å². The Labute approximate surface area is 154 Å². The van der Waals surface area contributed by atoms with Gasteiger partial charge in [0.1, 0.15) is 11.2 Å². The van der Waals surface area contributed by atoms with E-state index in [9.17, 15) is 13.2 Å². The van der Waals surface area contributed by atoms with Gasteiger partial charge in [-0.1, -0.05) is 0 Å². The molecule has 1 aliphatic heterocycles. The minimum Gasteiger partial charge on any atom is -0.380 e. The second-order valence-electron chi connectivity index (χ2n) is 6.52. The molecule has 1 aliphatic rings. The molecule has 1 saturated heterocycles. The molecule has 8 heteroatoms. The van der Waals surface area contributed by atoms with E-state index in [0.29, 0.717) is 22.8 Å². The Morgan fingerprint density at radius 3 is 2.52 bits per heavy atom. The van der Waals surface area contributed by atoms with Gasteiger partial charge >= 0.3 is 6.18 Å². The maximum Gasteiger partial charge on any atom is 0.433 e. The second kappa shape index (κ2) is 7.11. The number of hydrogen-bond donors (Lipinski definition) is 2. The molecule has 0 saturated carbocycles. The van der Waals surface area contributed by atoms with Gasteiger partial charge in [0.15, 0.2) is 0 Å². The maximum absolute atomic E-state index is 12.7. The average Bonchev–Trinajstić information content (AvgIpc) is 2.68. The zero-order valence-electron chi connectivity index (χ0n) is 14.4. The first-order valence-corrected chi connectivity index (χ1v) is 8.77. The van der Waals surface area contributed by atoms with Crippen LogP contribution in [-0.2, 0) is 6.18 Å². The smallest absolute Gasteiger partial charge is 0.380 e. The molecule has 4 heterocycles. The first kappa shape index (κ1) is 17.7. The summed E-state index contributed by atoms with van der Waals surface area (Å²) in [6.45, 7) is 1.94. The Kier molecular flexibility index (Phi) is 4.65. The number of halogens is 3. The van der Waals surface area contributed by atoms with Gasteiger partial charge in [0.2, 0.25) is 0 Å². The van der Waals surface area contributed by atoms with Crippen LogP contribution < -0.4 is 10.6 Å². The number of pyridine rings is 3. The third kappa shape index (κ3) is 3.85. The molecule has 0 bridgehead atoms. The van der Waals surface area contributed by atoms with Gasteiger partial charge in [0, 0.05) is 24.0 Å². The highest BCUT2D eigenvalue weighted by Crippen LogP contribution is 2.30. The highest BCUT2D eigenvalue weighted by molar-refractivity contribution is 5.89. The summed E-state index contributed by atoms with van der Waals surface area (Å²) in [6.07, 6.45) is 0.518. The van der Waals surface area contributed by atoms with E-state index in [1.807, 2.05) is 12.1 Å². The van der Waals surface area contributed by atoms with Crippen LogP contribution in [0.3, 0.4) is 0 Å². The van der Waals surface area contributed by atoms with Crippen molar-refractivity contribution >= 4 is 16.7 Å². The number of hydrogen-bond acceptors (Lipinski definition) is 5. The Bertz CT molecular complexity index is 934. The van der Waals surface area contributed by atoms with E-state index >= 15 is 0 Å². The van der Waals surface area contributed by atoms with E-state index in [-0.39, 0.29) is 0 Å². The molecule has 140 valence electrons. The highest BCUT2D eigenvalue weighted by Gasteiger charge is 2.32. The van der Waals surface area contributed by atoms with Crippen LogP contribution in [0.15, 0.2) is 42.7 Å². The molecule has 3 aromatic rings. The molecule has 0 unspecified atom stereocenters. The van der Waals surface area contributed by atoms with E-state index in [1.165, 1.54) is 12.3 Å². The quantitative estimate of drug-likeness (QED) is 0.730. The molecule has 0 spiro atoms. The molecule has 2 N–H and O–H groups in total. The average molecular weight is 373 g/mol. The van der Waals surface area contributed by atoms with Crippen molar-refractivity contribution < 1.29 is 13.2 Å².